The van der Waals surface area contributed by atoms with Crippen LogP contribution in [0.4, 0.5) is 13.2 Å². The lowest BCUT2D eigenvalue weighted by molar-refractivity contribution is -0.137. The maximum atomic E-state index is 13.0. The van der Waals surface area contributed by atoms with Gasteiger partial charge in [-0.25, -0.2) is 4.98 Å². The Hall–Kier alpha value is -3.35. The molecule has 0 bridgehead atoms. The summed E-state index contributed by atoms with van der Waals surface area (Å²) in [6, 6.07) is 9.54. The molecule has 3 aromatic rings. The summed E-state index contributed by atoms with van der Waals surface area (Å²) in [5.74, 6) is -1.29. The highest BCUT2D eigenvalue weighted by Crippen LogP contribution is 2.47. The van der Waals surface area contributed by atoms with E-state index in [1.54, 1.807) is 12.4 Å². The lowest BCUT2D eigenvalue weighted by Crippen LogP contribution is -2.48. The van der Waals surface area contributed by atoms with E-state index in [1.165, 1.54) is 17.4 Å². The van der Waals surface area contributed by atoms with Crippen LogP contribution < -0.4 is 16.0 Å². The van der Waals surface area contributed by atoms with Crippen molar-refractivity contribution in [2.45, 2.75) is 43.0 Å². The van der Waals surface area contributed by atoms with Crippen LogP contribution in [0.1, 0.15) is 51.3 Å². The first-order valence-electron chi connectivity index (χ1n) is 13.1. The maximum Gasteiger partial charge on any atom is 0.416 e. The average Bonchev–Trinajstić information content (AvgIpc) is 3.65. The minimum absolute atomic E-state index is 0.0734. The molecule has 8 nitrogen and oxygen atoms in total. The zero-order chi connectivity index (χ0) is 28.3. The third-order valence-electron chi connectivity index (χ3n) is 7.85. The molecule has 212 valence electrons. The van der Waals surface area contributed by atoms with Gasteiger partial charge in [0, 0.05) is 60.0 Å². The third-order valence-corrected chi connectivity index (χ3v) is 8.76. The molecular weight excluding hydrogens is 543 g/mol. The van der Waals surface area contributed by atoms with E-state index in [0.717, 1.165) is 28.9 Å². The van der Waals surface area contributed by atoms with Gasteiger partial charge < -0.3 is 21.1 Å². The molecule has 2 aromatic heterocycles. The van der Waals surface area contributed by atoms with Gasteiger partial charge in [-0.05, 0) is 55.0 Å². The van der Waals surface area contributed by atoms with Gasteiger partial charge in [0.15, 0.2) is 0 Å². The Balaban J connectivity index is 1.24. The van der Waals surface area contributed by atoms with Crippen molar-refractivity contribution in [2.75, 3.05) is 19.6 Å². The van der Waals surface area contributed by atoms with Gasteiger partial charge >= 0.3 is 6.18 Å². The van der Waals surface area contributed by atoms with Crippen LogP contribution in [0.5, 0.6) is 0 Å². The zero-order valence-corrected chi connectivity index (χ0v) is 22.3. The van der Waals surface area contributed by atoms with Crippen LogP contribution in [-0.2, 0) is 11.0 Å². The number of carbonyl (C=O) groups excluding carboxylic acids is 2. The number of hydrogen-bond acceptors (Lipinski definition) is 7. The molecule has 1 saturated heterocycles. The van der Waals surface area contributed by atoms with Crippen LogP contribution in [0.3, 0.4) is 0 Å². The fourth-order valence-electron chi connectivity index (χ4n) is 5.92. The Kier molecular flexibility index (Phi) is 8.48. The van der Waals surface area contributed by atoms with E-state index < -0.39 is 29.7 Å². The van der Waals surface area contributed by atoms with E-state index in [2.05, 4.69) is 25.9 Å². The highest BCUT2D eigenvalue weighted by atomic mass is 32.1. The Labute approximate surface area is 233 Å². The van der Waals surface area contributed by atoms with E-state index in [1.807, 2.05) is 23.6 Å². The zero-order valence-electron chi connectivity index (χ0n) is 21.5. The molecule has 5 unspecified atom stereocenters. The predicted molar refractivity (Wildman–Crippen MR) is 143 cm³/mol. The van der Waals surface area contributed by atoms with Crippen molar-refractivity contribution in [2.24, 2.45) is 11.8 Å². The number of thiazole rings is 1. The number of aliphatic hydroxyl groups excluding tert-OH is 1. The Morgan fingerprint density at radius 1 is 1.05 bits per heavy atom. The maximum absolute atomic E-state index is 13.0. The first-order valence-corrected chi connectivity index (χ1v) is 14.0. The van der Waals surface area contributed by atoms with Gasteiger partial charge in [-0.2, -0.15) is 13.2 Å². The Bertz CT molecular complexity index is 1310. The number of alkyl halides is 3. The number of carbonyl (C=O) groups is 2. The molecule has 1 aromatic carbocycles. The van der Waals surface area contributed by atoms with Gasteiger partial charge in [0.05, 0.1) is 23.2 Å². The number of amides is 2. The summed E-state index contributed by atoms with van der Waals surface area (Å²) in [6.07, 6.45) is -0.335. The number of rotatable bonds is 7. The molecule has 2 aliphatic rings. The summed E-state index contributed by atoms with van der Waals surface area (Å²) in [6.45, 7) is 0.870. The van der Waals surface area contributed by atoms with Crippen LogP contribution in [0.2, 0.25) is 0 Å². The predicted octanol–water partition coefficient (Wildman–Crippen LogP) is 3.33. The van der Waals surface area contributed by atoms with Crippen LogP contribution in [0.25, 0.3) is 0 Å². The second-order valence-electron chi connectivity index (χ2n) is 10.3. The van der Waals surface area contributed by atoms with E-state index in [9.17, 15) is 27.9 Å². The van der Waals surface area contributed by atoms with E-state index in [4.69, 9.17) is 0 Å². The number of halogens is 3. The van der Waals surface area contributed by atoms with Gasteiger partial charge in [-0.15, -0.1) is 11.3 Å². The lowest BCUT2D eigenvalue weighted by atomic mass is 9.67. The smallest absolute Gasteiger partial charge is 0.392 e. The third kappa shape index (κ3) is 6.34. The van der Waals surface area contributed by atoms with Crippen molar-refractivity contribution in [3.05, 3.63) is 82.1 Å². The van der Waals surface area contributed by atoms with Gasteiger partial charge in [-0.1, -0.05) is 12.1 Å². The number of nitrogens with one attached hydrogen (secondary N) is 3. The summed E-state index contributed by atoms with van der Waals surface area (Å²) in [4.78, 5) is 34.2. The number of nitrogens with zero attached hydrogens (tertiary/aromatic N) is 2. The Morgan fingerprint density at radius 2 is 1.88 bits per heavy atom. The summed E-state index contributed by atoms with van der Waals surface area (Å²) >= 11 is 1.52. The quantitative estimate of drug-likeness (QED) is 0.345. The lowest BCUT2D eigenvalue weighted by Gasteiger charge is -2.41. The molecule has 2 fully saturated rings. The van der Waals surface area contributed by atoms with Gasteiger partial charge in [-0.3, -0.25) is 14.6 Å². The van der Waals surface area contributed by atoms with E-state index in [-0.39, 0.29) is 41.8 Å². The Morgan fingerprint density at radius 3 is 2.60 bits per heavy atom. The second-order valence-corrected chi connectivity index (χ2v) is 11.2. The largest absolute Gasteiger partial charge is 0.416 e. The molecule has 0 spiro atoms. The first kappa shape index (κ1) is 28.2. The molecule has 1 aliphatic carbocycles. The molecule has 1 saturated carbocycles. The molecule has 2 amide bonds. The number of pyridine rings is 1. The molecular formula is C28H30F3N5O3S. The van der Waals surface area contributed by atoms with Crippen molar-refractivity contribution in [3.63, 3.8) is 0 Å². The van der Waals surface area contributed by atoms with Crippen LogP contribution in [0.15, 0.2) is 60.2 Å². The summed E-state index contributed by atoms with van der Waals surface area (Å²) in [7, 11) is 0. The molecule has 12 heteroatoms. The molecule has 5 rings (SSSR count). The van der Waals surface area contributed by atoms with E-state index >= 15 is 0 Å². The highest BCUT2D eigenvalue weighted by molar-refractivity contribution is 7.09. The van der Waals surface area contributed by atoms with Crippen LogP contribution >= 0.6 is 11.3 Å². The molecule has 0 radical (unpaired) electrons. The molecule has 6 atom stereocenters. The number of aromatic nitrogens is 2. The monoisotopic (exact) mass is 573 g/mol. The summed E-state index contributed by atoms with van der Waals surface area (Å²) < 4.78 is 39.0. The molecule has 1 aliphatic heterocycles. The number of benzene rings is 1. The van der Waals surface area contributed by atoms with Crippen LogP contribution in [0, 0.1) is 11.8 Å². The van der Waals surface area contributed by atoms with Crippen molar-refractivity contribution >= 4 is 23.2 Å². The van der Waals surface area contributed by atoms with Gasteiger partial charge in [0.1, 0.15) is 0 Å². The molecule has 4 N–H and O–H groups in total. The van der Waals surface area contributed by atoms with Crippen molar-refractivity contribution in [3.8, 4) is 0 Å². The van der Waals surface area contributed by atoms with E-state index in [0.29, 0.717) is 25.9 Å². The molecule has 40 heavy (non-hydrogen) atoms. The fourth-order valence-corrected chi connectivity index (χ4v) is 6.72. The second kappa shape index (κ2) is 12.0. The number of hydrogen-bond donors (Lipinski definition) is 4. The first-order chi connectivity index (χ1) is 19.2. The highest BCUT2D eigenvalue weighted by Gasteiger charge is 2.45. The minimum atomic E-state index is -4.57. The van der Waals surface area contributed by atoms with Gasteiger partial charge in [0.25, 0.3) is 5.91 Å². The normalized spacial score (nSPS) is 26.8. The standard InChI is InChI=1S/C28H30F3N5O3S/c29-28(30,31)18-5-3-4-16(10-18)26(39)35-15-24(37)36-23-14-32-13-21(23)17-11-19(22-6-1-2-7-33-22)25(38)20(12-17)27-34-8-9-40-27/h1-10,17,19-21,23,25,32,38H,11-15H2,(H,35,39)(H,36,37)/t17?,19?,20?,21?,23-,25?/m1/s1. The topological polar surface area (TPSA) is 116 Å². The minimum Gasteiger partial charge on any atom is -0.392 e. The summed E-state index contributed by atoms with van der Waals surface area (Å²) in [5, 5.41) is 22.9. The van der Waals surface area contributed by atoms with Crippen molar-refractivity contribution in [1.82, 2.24) is 25.9 Å². The van der Waals surface area contributed by atoms with Crippen molar-refractivity contribution < 1.29 is 27.9 Å². The van der Waals surface area contributed by atoms with Crippen molar-refractivity contribution in [1.29, 1.82) is 0 Å². The summed E-state index contributed by atoms with van der Waals surface area (Å²) in [5.41, 5.74) is -0.273. The van der Waals surface area contributed by atoms with Crippen LogP contribution in [-0.4, -0.2) is 58.7 Å². The SMILES string of the molecule is O=C(CNC(=O)c1cccc(C(F)(F)F)c1)N[C@@H]1CNCC1C1CC(c2ccccn2)C(O)C(c2nccs2)C1. The molecule has 3 heterocycles. The van der Waals surface area contributed by atoms with Gasteiger partial charge in [0.2, 0.25) is 5.91 Å². The fraction of sp³-hybridized carbons (Fsp3) is 0.429. The average molecular weight is 574 g/mol. The number of aliphatic hydroxyl groups is 1.